The van der Waals surface area contributed by atoms with Crippen LogP contribution < -0.4 is 0 Å². The van der Waals surface area contributed by atoms with Crippen LogP contribution in [0.2, 0.25) is 0 Å². The summed E-state index contributed by atoms with van der Waals surface area (Å²) in [4.78, 5) is 10.4. The summed E-state index contributed by atoms with van der Waals surface area (Å²) in [6.45, 7) is 6.47. The minimum atomic E-state index is -0.0890. The molecule has 3 heteroatoms. The Morgan fingerprint density at radius 3 is 1.93 bits per heavy atom. The van der Waals surface area contributed by atoms with E-state index in [0.29, 0.717) is 0 Å². The Hall–Kier alpha value is -4.76. The van der Waals surface area contributed by atoms with Crippen LogP contribution in [0.5, 0.6) is 0 Å². The van der Waals surface area contributed by atoms with Gasteiger partial charge in [-0.2, -0.15) is 0 Å². The summed E-state index contributed by atoms with van der Waals surface area (Å²) in [5.41, 5.74) is 9.92. The average Bonchev–Trinajstić information content (AvgIpc) is 3.38. The summed E-state index contributed by atoms with van der Waals surface area (Å²) in [5, 5.41) is 2.52. The lowest BCUT2D eigenvalue weighted by atomic mass is 9.93. The number of para-hydroxylation sites is 2. The molecule has 0 spiro atoms. The maximum atomic E-state index is 5.30. The van der Waals surface area contributed by atoms with Crippen molar-refractivity contribution in [2.45, 2.75) is 52.6 Å². The van der Waals surface area contributed by atoms with Gasteiger partial charge in [-0.1, -0.05) is 115 Å². The smallest absolute Gasteiger partial charge is 0.126 e. The van der Waals surface area contributed by atoms with E-state index in [1.54, 1.807) is 0 Å². The zero-order chi connectivity index (χ0) is 29.6. The number of benzene rings is 5. The van der Waals surface area contributed by atoms with Crippen LogP contribution in [0.3, 0.4) is 0 Å². The van der Waals surface area contributed by atoms with E-state index in [4.69, 9.17) is 9.98 Å². The van der Waals surface area contributed by atoms with Crippen LogP contribution in [0.4, 0.5) is 0 Å². The molecule has 1 aromatic heterocycles. The number of unbranched alkanes of at least 4 members (excludes halogenated alkanes) is 1. The molecule has 214 valence electrons. The number of fused-ring (bicyclic) bond motifs is 3. The first kappa shape index (κ1) is 28.4. The number of aromatic nitrogens is 1. The summed E-state index contributed by atoms with van der Waals surface area (Å²) in [7, 11) is 0. The molecule has 0 N–H and O–H groups in total. The van der Waals surface area contributed by atoms with Crippen LogP contribution in [0.15, 0.2) is 137 Å². The van der Waals surface area contributed by atoms with Gasteiger partial charge in [-0.3, -0.25) is 0 Å². The third-order valence-corrected chi connectivity index (χ3v) is 8.36. The Kier molecular flexibility index (Phi) is 8.60. The standard InChI is InChI=1S/C40H39N3/c1-29-17-7-10-22-34(29)35-23-11-8-20-33(35)21-9-16-28-40(41-30(2)32-18-5-4-6-19-32)42-31(3)43-38-26-14-12-24-36(38)37-25-13-15-27-39(37)43/h4-8,10-15,17-20,22-27,31H,9,16,21,28H2,1-3H3/b41-30?,42-40-. The SMILES string of the molecule is CC(=N/C(CCCCc1ccccc1-c1ccccc1C)=N\C(C)n1c2ccccc2c2ccccc21)c1ccccc1. The fraction of sp³-hybridized carbons (Fsp3) is 0.200. The van der Waals surface area contributed by atoms with Gasteiger partial charge in [0.2, 0.25) is 0 Å². The predicted octanol–water partition coefficient (Wildman–Crippen LogP) is 10.6. The van der Waals surface area contributed by atoms with Gasteiger partial charge < -0.3 is 4.57 Å². The molecule has 1 unspecified atom stereocenters. The molecule has 5 aromatic carbocycles. The van der Waals surface area contributed by atoms with Gasteiger partial charge in [0.25, 0.3) is 0 Å². The molecule has 1 atom stereocenters. The molecule has 3 nitrogen and oxygen atoms in total. The van der Waals surface area contributed by atoms with Crippen LogP contribution in [0, 0.1) is 6.92 Å². The van der Waals surface area contributed by atoms with Gasteiger partial charge in [-0.05, 0) is 80.0 Å². The second-order valence-electron chi connectivity index (χ2n) is 11.3. The third-order valence-electron chi connectivity index (χ3n) is 8.36. The van der Waals surface area contributed by atoms with E-state index in [1.165, 1.54) is 44.1 Å². The Balaban J connectivity index is 1.28. The Morgan fingerprint density at radius 2 is 1.23 bits per heavy atom. The first-order chi connectivity index (χ1) is 21.1. The number of nitrogens with zero attached hydrogens (tertiary/aromatic N) is 3. The average molecular weight is 562 g/mol. The zero-order valence-corrected chi connectivity index (χ0v) is 25.4. The molecule has 0 fully saturated rings. The minimum Gasteiger partial charge on any atom is -0.318 e. The summed E-state index contributed by atoms with van der Waals surface area (Å²) in [6.07, 6.45) is 3.87. The van der Waals surface area contributed by atoms with E-state index in [2.05, 4.69) is 147 Å². The fourth-order valence-electron chi connectivity index (χ4n) is 6.19. The lowest BCUT2D eigenvalue weighted by Gasteiger charge is -2.15. The van der Waals surface area contributed by atoms with E-state index in [1.807, 2.05) is 6.07 Å². The summed E-state index contributed by atoms with van der Waals surface area (Å²) < 4.78 is 2.36. The molecular weight excluding hydrogens is 522 g/mol. The summed E-state index contributed by atoms with van der Waals surface area (Å²) >= 11 is 0. The molecule has 0 saturated carbocycles. The van der Waals surface area contributed by atoms with E-state index >= 15 is 0 Å². The van der Waals surface area contributed by atoms with Crippen molar-refractivity contribution in [1.29, 1.82) is 0 Å². The van der Waals surface area contributed by atoms with E-state index in [-0.39, 0.29) is 6.17 Å². The van der Waals surface area contributed by atoms with Gasteiger partial charge in [-0.25, -0.2) is 9.98 Å². The Labute approximate surface area is 255 Å². The van der Waals surface area contributed by atoms with Gasteiger partial charge in [0.1, 0.15) is 12.0 Å². The number of hydrogen-bond donors (Lipinski definition) is 0. The van der Waals surface area contributed by atoms with Crippen molar-refractivity contribution in [2.75, 3.05) is 0 Å². The number of hydrogen-bond acceptors (Lipinski definition) is 1. The first-order valence-electron chi connectivity index (χ1n) is 15.4. The molecule has 6 aromatic rings. The number of aliphatic imine (C=N–C) groups is 2. The second kappa shape index (κ2) is 13.0. The number of rotatable bonds is 9. The molecule has 0 radical (unpaired) electrons. The van der Waals surface area contributed by atoms with Crippen molar-refractivity contribution in [1.82, 2.24) is 4.57 Å². The van der Waals surface area contributed by atoms with Crippen molar-refractivity contribution in [3.05, 3.63) is 144 Å². The highest BCUT2D eigenvalue weighted by molar-refractivity contribution is 6.08. The maximum absolute atomic E-state index is 5.30. The third kappa shape index (κ3) is 6.22. The second-order valence-corrected chi connectivity index (χ2v) is 11.3. The molecule has 0 amide bonds. The summed E-state index contributed by atoms with van der Waals surface area (Å²) in [6, 6.07) is 45.2. The normalized spacial score (nSPS) is 13.1. The maximum Gasteiger partial charge on any atom is 0.126 e. The highest BCUT2D eigenvalue weighted by atomic mass is 15.1. The lowest BCUT2D eigenvalue weighted by Crippen LogP contribution is -2.08. The molecule has 0 aliphatic rings. The van der Waals surface area contributed by atoms with Gasteiger partial charge >= 0.3 is 0 Å². The Morgan fingerprint density at radius 1 is 0.651 bits per heavy atom. The molecular formula is C40H39N3. The topological polar surface area (TPSA) is 29.6 Å². The fourth-order valence-corrected chi connectivity index (χ4v) is 6.19. The molecule has 43 heavy (non-hydrogen) atoms. The van der Waals surface area contributed by atoms with Crippen molar-refractivity contribution >= 4 is 33.4 Å². The van der Waals surface area contributed by atoms with Crippen LogP contribution in [0.1, 0.15) is 56.0 Å². The van der Waals surface area contributed by atoms with Gasteiger partial charge in [-0.15, -0.1) is 0 Å². The molecule has 1 heterocycles. The van der Waals surface area contributed by atoms with Crippen LogP contribution in [0.25, 0.3) is 32.9 Å². The molecule has 0 saturated heterocycles. The molecule has 0 aliphatic carbocycles. The van der Waals surface area contributed by atoms with Gasteiger partial charge in [0.15, 0.2) is 0 Å². The van der Waals surface area contributed by atoms with Crippen molar-refractivity contribution < 1.29 is 0 Å². The largest absolute Gasteiger partial charge is 0.318 e. The zero-order valence-electron chi connectivity index (χ0n) is 25.4. The van der Waals surface area contributed by atoms with Crippen molar-refractivity contribution in [3.8, 4) is 11.1 Å². The van der Waals surface area contributed by atoms with E-state index in [0.717, 1.165) is 42.8 Å². The highest BCUT2D eigenvalue weighted by Crippen LogP contribution is 2.32. The summed E-state index contributed by atoms with van der Waals surface area (Å²) in [5.74, 6) is 0.905. The molecule has 0 aliphatic heterocycles. The first-order valence-corrected chi connectivity index (χ1v) is 15.4. The lowest BCUT2D eigenvalue weighted by molar-refractivity contribution is 0.608. The quantitative estimate of drug-likeness (QED) is 0.0955. The minimum absolute atomic E-state index is 0.0890. The van der Waals surface area contributed by atoms with Gasteiger partial charge in [0, 0.05) is 22.9 Å². The van der Waals surface area contributed by atoms with Crippen LogP contribution in [-0.2, 0) is 6.42 Å². The predicted molar refractivity (Wildman–Crippen MR) is 184 cm³/mol. The Bertz CT molecular complexity index is 1860. The van der Waals surface area contributed by atoms with Crippen LogP contribution in [-0.4, -0.2) is 16.1 Å². The van der Waals surface area contributed by atoms with Gasteiger partial charge in [0.05, 0.1) is 11.0 Å². The highest BCUT2D eigenvalue weighted by Gasteiger charge is 2.15. The van der Waals surface area contributed by atoms with E-state index < -0.39 is 0 Å². The molecule has 6 rings (SSSR count). The van der Waals surface area contributed by atoms with E-state index in [9.17, 15) is 0 Å². The number of amidine groups is 1. The van der Waals surface area contributed by atoms with Crippen LogP contribution >= 0.6 is 0 Å². The monoisotopic (exact) mass is 561 g/mol. The van der Waals surface area contributed by atoms with Crippen molar-refractivity contribution in [2.24, 2.45) is 9.98 Å². The molecule has 0 bridgehead atoms. The number of aryl methyl sites for hydroxylation is 2. The van der Waals surface area contributed by atoms with Crippen molar-refractivity contribution in [3.63, 3.8) is 0 Å².